The van der Waals surface area contributed by atoms with Crippen molar-refractivity contribution in [1.29, 1.82) is 0 Å². The Labute approximate surface area is 103 Å². The van der Waals surface area contributed by atoms with E-state index in [1.165, 1.54) is 24.8 Å². The second-order valence-corrected chi connectivity index (χ2v) is 5.44. The van der Waals surface area contributed by atoms with Gasteiger partial charge in [-0.05, 0) is 24.6 Å². The lowest BCUT2D eigenvalue weighted by atomic mass is 10.2. The largest absolute Gasteiger partial charge is 0.275 e. The monoisotopic (exact) mass is 272 g/mol. The molecular formula is C9H9ClN4O2S. The van der Waals surface area contributed by atoms with Crippen molar-refractivity contribution >= 4 is 21.6 Å². The Kier molecular flexibility index (Phi) is 3.03. The summed E-state index contributed by atoms with van der Waals surface area (Å²) in [5.74, 6) is 0. The van der Waals surface area contributed by atoms with Crippen LogP contribution in [0.25, 0.3) is 0 Å². The van der Waals surface area contributed by atoms with Gasteiger partial charge in [-0.25, -0.2) is 9.51 Å². The molecule has 0 unspecified atom stereocenters. The molecule has 17 heavy (non-hydrogen) atoms. The summed E-state index contributed by atoms with van der Waals surface area (Å²) >= 11 is 5.88. The third-order valence-corrected chi connectivity index (χ3v) is 3.83. The molecule has 0 radical (unpaired) electrons. The van der Waals surface area contributed by atoms with Crippen LogP contribution in [0.5, 0.6) is 0 Å². The van der Waals surface area contributed by atoms with Crippen LogP contribution < -0.4 is 4.83 Å². The molecule has 0 fully saturated rings. The van der Waals surface area contributed by atoms with E-state index in [1.807, 2.05) is 0 Å². The van der Waals surface area contributed by atoms with Gasteiger partial charge in [-0.15, -0.1) is 10.2 Å². The topological polar surface area (TPSA) is 76.9 Å². The Hall–Kier alpha value is -1.60. The summed E-state index contributed by atoms with van der Waals surface area (Å²) in [6, 6.07) is 4.51. The molecule has 0 bridgehead atoms. The summed E-state index contributed by atoms with van der Waals surface area (Å²) in [5, 5.41) is 7.38. The van der Waals surface area contributed by atoms with Crippen LogP contribution in [0.15, 0.2) is 35.7 Å². The standard InChI is InChI=1S/C9H9ClN4O2S/c1-7-2-3-8(4-9(7)10)17(15,16)13-14-5-11-12-6-14/h2-6,13H,1H3. The molecule has 2 rings (SSSR count). The smallest absolute Gasteiger partial charge is 0.221 e. The van der Waals surface area contributed by atoms with Crippen molar-refractivity contribution in [3.05, 3.63) is 41.4 Å². The van der Waals surface area contributed by atoms with Gasteiger partial charge in [0, 0.05) is 5.02 Å². The molecule has 0 saturated carbocycles. The zero-order valence-corrected chi connectivity index (χ0v) is 10.4. The lowest BCUT2D eigenvalue weighted by Gasteiger charge is -2.08. The van der Waals surface area contributed by atoms with E-state index in [2.05, 4.69) is 15.0 Å². The van der Waals surface area contributed by atoms with Crippen LogP contribution in [-0.2, 0) is 10.0 Å². The first-order chi connectivity index (χ1) is 7.99. The number of rotatable bonds is 3. The van der Waals surface area contributed by atoms with Gasteiger partial charge in [0.25, 0.3) is 10.0 Å². The van der Waals surface area contributed by atoms with Gasteiger partial charge in [-0.1, -0.05) is 17.7 Å². The van der Waals surface area contributed by atoms with Crippen LogP contribution in [0.1, 0.15) is 5.56 Å². The molecule has 2 aromatic rings. The third kappa shape index (κ3) is 2.56. The second-order valence-electron chi connectivity index (χ2n) is 3.37. The van der Waals surface area contributed by atoms with E-state index in [-0.39, 0.29) is 4.90 Å². The lowest BCUT2D eigenvalue weighted by molar-refractivity contribution is 0.595. The number of nitrogens with one attached hydrogen (secondary N) is 1. The van der Waals surface area contributed by atoms with Crippen molar-refractivity contribution in [2.45, 2.75) is 11.8 Å². The summed E-state index contributed by atoms with van der Waals surface area (Å²) in [4.78, 5) is 2.35. The van der Waals surface area contributed by atoms with E-state index < -0.39 is 10.0 Å². The van der Waals surface area contributed by atoms with Crippen molar-refractivity contribution in [3.8, 4) is 0 Å². The number of sulfonamides is 1. The molecular weight excluding hydrogens is 264 g/mol. The predicted molar refractivity (Wildman–Crippen MR) is 62.8 cm³/mol. The Morgan fingerprint density at radius 3 is 2.53 bits per heavy atom. The first-order valence-corrected chi connectivity index (χ1v) is 6.49. The number of aromatic nitrogens is 3. The molecule has 0 aliphatic heterocycles. The Morgan fingerprint density at radius 2 is 1.94 bits per heavy atom. The fourth-order valence-corrected chi connectivity index (χ4v) is 2.42. The van der Waals surface area contributed by atoms with Crippen LogP contribution in [0.2, 0.25) is 5.02 Å². The Balaban J connectivity index is 2.35. The highest BCUT2D eigenvalue weighted by molar-refractivity contribution is 7.92. The van der Waals surface area contributed by atoms with Gasteiger partial charge < -0.3 is 0 Å². The predicted octanol–water partition coefficient (Wildman–Crippen LogP) is 1.17. The molecule has 0 spiro atoms. The first kappa shape index (κ1) is 11.9. The summed E-state index contributed by atoms with van der Waals surface area (Å²) < 4.78 is 25.0. The zero-order valence-electron chi connectivity index (χ0n) is 8.83. The minimum atomic E-state index is -3.67. The Morgan fingerprint density at radius 1 is 1.29 bits per heavy atom. The van der Waals surface area contributed by atoms with Crippen molar-refractivity contribution < 1.29 is 8.42 Å². The SMILES string of the molecule is Cc1ccc(S(=O)(=O)Nn2cnnc2)cc1Cl. The molecule has 6 nitrogen and oxygen atoms in total. The maximum Gasteiger partial charge on any atom is 0.275 e. The molecule has 0 saturated heterocycles. The van der Waals surface area contributed by atoms with Gasteiger partial charge in [-0.3, -0.25) is 0 Å². The molecule has 0 aliphatic rings. The summed E-state index contributed by atoms with van der Waals surface area (Å²) in [5.41, 5.74) is 0.815. The van der Waals surface area contributed by atoms with Crippen LogP contribution in [0, 0.1) is 6.92 Å². The quantitative estimate of drug-likeness (QED) is 0.910. The van der Waals surface area contributed by atoms with Crippen LogP contribution in [0.4, 0.5) is 0 Å². The number of aryl methyl sites for hydroxylation is 1. The number of hydrogen-bond acceptors (Lipinski definition) is 4. The number of nitrogens with zero attached hydrogens (tertiary/aromatic N) is 3. The fourth-order valence-electron chi connectivity index (χ4n) is 1.18. The van der Waals surface area contributed by atoms with Gasteiger partial charge in [-0.2, -0.15) is 8.42 Å². The lowest BCUT2D eigenvalue weighted by Crippen LogP contribution is -2.22. The van der Waals surface area contributed by atoms with Gasteiger partial charge in [0.1, 0.15) is 12.7 Å². The van der Waals surface area contributed by atoms with E-state index in [4.69, 9.17) is 11.6 Å². The van der Waals surface area contributed by atoms with Gasteiger partial charge in [0.05, 0.1) is 4.90 Å². The zero-order chi connectivity index (χ0) is 12.5. The van der Waals surface area contributed by atoms with Gasteiger partial charge in [0.2, 0.25) is 0 Å². The maximum absolute atomic E-state index is 11.9. The van der Waals surface area contributed by atoms with Crippen molar-refractivity contribution in [2.75, 3.05) is 4.83 Å². The van der Waals surface area contributed by atoms with E-state index in [0.29, 0.717) is 5.02 Å². The minimum Gasteiger partial charge on any atom is -0.221 e. The van der Waals surface area contributed by atoms with Crippen molar-refractivity contribution in [1.82, 2.24) is 14.9 Å². The van der Waals surface area contributed by atoms with E-state index in [0.717, 1.165) is 10.2 Å². The minimum absolute atomic E-state index is 0.0850. The number of hydrogen-bond donors (Lipinski definition) is 1. The van der Waals surface area contributed by atoms with Crippen molar-refractivity contribution in [2.24, 2.45) is 0 Å². The maximum atomic E-state index is 11.9. The number of benzene rings is 1. The van der Waals surface area contributed by atoms with E-state index in [9.17, 15) is 8.42 Å². The van der Waals surface area contributed by atoms with Crippen LogP contribution >= 0.6 is 11.6 Å². The molecule has 0 aliphatic carbocycles. The summed E-state index contributed by atoms with van der Waals surface area (Å²) in [6.07, 6.45) is 2.49. The molecule has 0 amide bonds. The highest BCUT2D eigenvalue weighted by Gasteiger charge is 2.15. The van der Waals surface area contributed by atoms with Gasteiger partial charge in [0.15, 0.2) is 0 Å². The Bertz CT molecular complexity index is 624. The highest BCUT2D eigenvalue weighted by Crippen LogP contribution is 2.20. The summed E-state index contributed by atoms with van der Waals surface area (Å²) in [6.45, 7) is 1.80. The fraction of sp³-hybridized carbons (Fsp3) is 0.111. The average molecular weight is 273 g/mol. The number of halogens is 1. The average Bonchev–Trinajstić information content (AvgIpc) is 2.73. The van der Waals surface area contributed by atoms with Crippen molar-refractivity contribution in [3.63, 3.8) is 0 Å². The molecule has 0 atom stereocenters. The molecule has 90 valence electrons. The normalized spacial score (nSPS) is 11.4. The first-order valence-electron chi connectivity index (χ1n) is 4.63. The molecule has 1 N–H and O–H groups in total. The molecule has 1 aromatic carbocycles. The van der Waals surface area contributed by atoms with Gasteiger partial charge >= 0.3 is 0 Å². The van der Waals surface area contributed by atoms with E-state index in [1.54, 1.807) is 13.0 Å². The summed E-state index contributed by atoms with van der Waals surface area (Å²) in [7, 11) is -3.67. The third-order valence-electron chi connectivity index (χ3n) is 2.10. The molecule has 8 heteroatoms. The van der Waals surface area contributed by atoms with Crippen LogP contribution in [0.3, 0.4) is 0 Å². The second kappa shape index (κ2) is 4.34. The molecule has 1 heterocycles. The highest BCUT2D eigenvalue weighted by atomic mass is 35.5. The van der Waals surface area contributed by atoms with E-state index >= 15 is 0 Å². The van der Waals surface area contributed by atoms with Crippen LogP contribution in [-0.4, -0.2) is 23.3 Å². The molecule has 1 aromatic heterocycles.